The van der Waals surface area contributed by atoms with E-state index in [1.165, 1.54) is 11.8 Å². The molecule has 0 saturated carbocycles. The predicted molar refractivity (Wildman–Crippen MR) is 56.0 cm³/mol. The molecule has 0 aliphatic carbocycles. The summed E-state index contributed by atoms with van der Waals surface area (Å²) in [5.74, 6) is 0. The Hall–Kier alpha value is -0.460. The number of hydrogen-bond acceptors (Lipinski definition) is 5. The standard InChI is InChI=1S/C7H4BrN3S2/c8-5-4-12-7(11-5)13-6-3-9-1-2-10-6/h1-4H. The molecular weight excluding hydrogens is 270 g/mol. The predicted octanol–water partition coefficient (Wildman–Crippen LogP) is 2.85. The van der Waals surface area contributed by atoms with Crippen molar-refractivity contribution < 1.29 is 0 Å². The lowest BCUT2D eigenvalue weighted by atomic mass is 10.8. The summed E-state index contributed by atoms with van der Waals surface area (Å²) in [6.45, 7) is 0. The Morgan fingerprint density at radius 2 is 2.31 bits per heavy atom. The van der Waals surface area contributed by atoms with Gasteiger partial charge in [0.25, 0.3) is 0 Å². The number of rotatable bonds is 2. The van der Waals surface area contributed by atoms with Crippen LogP contribution in [0.25, 0.3) is 0 Å². The first kappa shape index (κ1) is 9.11. The summed E-state index contributed by atoms with van der Waals surface area (Å²) < 4.78 is 1.83. The van der Waals surface area contributed by atoms with Gasteiger partial charge in [-0.05, 0) is 27.7 Å². The molecule has 2 heterocycles. The SMILES string of the molecule is Brc1csc(Sc2cnccn2)n1. The summed E-state index contributed by atoms with van der Waals surface area (Å²) in [4.78, 5) is 12.3. The van der Waals surface area contributed by atoms with Gasteiger partial charge < -0.3 is 0 Å². The lowest BCUT2D eigenvalue weighted by Gasteiger charge is -1.92. The van der Waals surface area contributed by atoms with Crippen LogP contribution in [0.15, 0.2) is 37.9 Å². The van der Waals surface area contributed by atoms with Gasteiger partial charge in [-0.1, -0.05) is 0 Å². The first-order valence-corrected chi connectivity index (χ1v) is 5.88. The molecular formula is C7H4BrN3S2. The highest BCUT2D eigenvalue weighted by Gasteiger charge is 2.02. The average Bonchev–Trinajstić information content (AvgIpc) is 2.53. The summed E-state index contributed by atoms with van der Waals surface area (Å²) in [5.41, 5.74) is 0. The zero-order chi connectivity index (χ0) is 9.10. The van der Waals surface area contributed by atoms with Crippen LogP contribution in [0.5, 0.6) is 0 Å². The highest BCUT2D eigenvalue weighted by Crippen LogP contribution is 2.29. The molecule has 6 heteroatoms. The molecule has 13 heavy (non-hydrogen) atoms. The maximum absolute atomic E-state index is 4.24. The Bertz CT molecular complexity index is 390. The number of hydrogen-bond donors (Lipinski definition) is 0. The van der Waals surface area contributed by atoms with Crippen molar-refractivity contribution in [1.29, 1.82) is 0 Å². The van der Waals surface area contributed by atoms with Crippen molar-refractivity contribution in [2.75, 3.05) is 0 Å². The molecule has 0 unspecified atom stereocenters. The third-order valence-electron chi connectivity index (χ3n) is 1.19. The molecule has 0 fully saturated rings. The van der Waals surface area contributed by atoms with Crippen molar-refractivity contribution in [3.63, 3.8) is 0 Å². The van der Waals surface area contributed by atoms with E-state index in [9.17, 15) is 0 Å². The Labute approximate surface area is 91.8 Å². The van der Waals surface area contributed by atoms with Crippen molar-refractivity contribution in [3.8, 4) is 0 Å². The van der Waals surface area contributed by atoms with E-state index >= 15 is 0 Å². The van der Waals surface area contributed by atoms with Gasteiger partial charge in [-0.15, -0.1) is 11.3 Å². The minimum absolute atomic E-state index is 0.865. The largest absolute Gasteiger partial charge is 0.260 e. The summed E-state index contributed by atoms with van der Waals surface area (Å²) in [6, 6.07) is 0. The van der Waals surface area contributed by atoms with Crippen LogP contribution in [-0.2, 0) is 0 Å². The van der Waals surface area contributed by atoms with Gasteiger partial charge in [0.2, 0.25) is 0 Å². The van der Waals surface area contributed by atoms with Gasteiger partial charge in [-0.25, -0.2) is 9.97 Å². The molecule has 0 N–H and O–H groups in total. The highest BCUT2D eigenvalue weighted by atomic mass is 79.9. The maximum atomic E-state index is 4.24. The Balaban J connectivity index is 2.15. The van der Waals surface area contributed by atoms with Crippen LogP contribution in [-0.4, -0.2) is 15.0 Å². The van der Waals surface area contributed by atoms with Gasteiger partial charge in [0.15, 0.2) is 4.34 Å². The van der Waals surface area contributed by atoms with Crippen LogP contribution in [0.2, 0.25) is 0 Å². The maximum Gasteiger partial charge on any atom is 0.157 e. The van der Waals surface area contributed by atoms with Crippen LogP contribution in [0.1, 0.15) is 0 Å². The molecule has 0 atom stereocenters. The second kappa shape index (κ2) is 4.17. The van der Waals surface area contributed by atoms with Gasteiger partial charge in [0, 0.05) is 17.8 Å². The second-order valence-electron chi connectivity index (χ2n) is 2.08. The summed E-state index contributed by atoms with van der Waals surface area (Å²) >= 11 is 6.39. The van der Waals surface area contributed by atoms with E-state index in [1.807, 2.05) is 5.38 Å². The van der Waals surface area contributed by atoms with Crippen molar-refractivity contribution in [1.82, 2.24) is 15.0 Å². The van der Waals surface area contributed by atoms with Crippen LogP contribution in [0.4, 0.5) is 0 Å². The molecule has 3 nitrogen and oxygen atoms in total. The smallest absolute Gasteiger partial charge is 0.157 e. The molecule has 66 valence electrons. The van der Waals surface area contributed by atoms with Crippen LogP contribution in [0.3, 0.4) is 0 Å². The van der Waals surface area contributed by atoms with E-state index < -0.39 is 0 Å². The van der Waals surface area contributed by atoms with E-state index in [0.717, 1.165) is 14.0 Å². The van der Waals surface area contributed by atoms with Crippen molar-refractivity contribution >= 4 is 39.0 Å². The summed E-state index contributed by atoms with van der Waals surface area (Å²) in [5, 5.41) is 2.81. The fraction of sp³-hybridized carbons (Fsp3) is 0. The van der Waals surface area contributed by atoms with Gasteiger partial charge in [-0.3, -0.25) is 4.98 Å². The zero-order valence-electron chi connectivity index (χ0n) is 6.35. The normalized spacial score (nSPS) is 10.2. The lowest BCUT2D eigenvalue weighted by molar-refractivity contribution is 1.05. The third-order valence-corrected chi connectivity index (χ3v) is 3.75. The monoisotopic (exact) mass is 273 g/mol. The van der Waals surface area contributed by atoms with Crippen molar-refractivity contribution in [3.05, 3.63) is 28.6 Å². The van der Waals surface area contributed by atoms with Crippen LogP contribution in [0, 0.1) is 0 Å². The minimum atomic E-state index is 0.865. The first-order valence-electron chi connectivity index (χ1n) is 3.39. The molecule has 2 aromatic rings. The molecule has 0 amide bonds. The van der Waals surface area contributed by atoms with Crippen molar-refractivity contribution in [2.45, 2.75) is 9.37 Å². The van der Waals surface area contributed by atoms with Gasteiger partial charge in [0.1, 0.15) is 9.63 Å². The second-order valence-corrected chi connectivity index (χ2v) is 5.02. The molecule has 0 saturated heterocycles. The Kier molecular flexibility index (Phi) is 2.92. The van der Waals surface area contributed by atoms with E-state index in [2.05, 4.69) is 30.9 Å². The van der Waals surface area contributed by atoms with E-state index in [4.69, 9.17) is 0 Å². The number of thiazole rings is 1. The van der Waals surface area contributed by atoms with E-state index in [-0.39, 0.29) is 0 Å². The third kappa shape index (κ3) is 2.49. The summed E-state index contributed by atoms with van der Waals surface area (Å²) in [7, 11) is 0. The van der Waals surface area contributed by atoms with E-state index in [1.54, 1.807) is 29.9 Å². The molecule has 0 aliphatic rings. The number of aromatic nitrogens is 3. The molecule has 0 spiro atoms. The average molecular weight is 274 g/mol. The highest BCUT2D eigenvalue weighted by molar-refractivity contribution is 9.10. The quantitative estimate of drug-likeness (QED) is 0.844. The molecule has 0 aromatic carbocycles. The molecule has 2 rings (SSSR count). The van der Waals surface area contributed by atoms with Gasteiger partial charge >= 0.3 is 0 Å². The van der Waals surface area contributed by atoms with Crippen molar-refractivity contribution in [2.24, 2.45) is 0 Å². The molecule has 0 bridgehead atoms. The Morgan fingerprint density at radius 1 is 1.38 bits per heavy atom. The van der Waals surface area contributed by atoms with Gasteiger partial charge in [0.05, 0.1) is 6.20 Å². The first-order chi connectivity index (χ1) is 6.34. The number of nitrogens with zero attached hydrogens (tertiary/aromatic N) is 3. The minimum Gasteiger partial charge on any atom is -0.260 e. The molecule has 0 aliphatic heterocycles. The fourth-order valence-electron chi connectivity index (χ4n) is 0.713. The fourth-order valence-corrected chi connectivity index (χ4v) is 2.95. The van der Waals surface area contributed by atoms with Crippen LogP contribution >= 0.6 is 39.0 Å². The molecule has 0 radical (unpaired) electrons. The topological polar surface area (TPSA) is 38.7 Å². The zero-order valence-corrected chi connectivity index (χ0v) is 9.56. The lowest BCUT2D eigenvalue weighted by Crippen LogP contribution is -1.79. The van der Waals surface area contributed by atoms with E-state index in [0.29, 0.717) is 0 Å². The van der Waals surface area contributed by atoms with Gasteiger partial charge in [-0.2, -0.15) is 0 Å². The number of halogens is 1. The molecule has 2 aromatic heterocycles. The summed E-state index contributed by atoms with van der Waals surface area (Å²) in [6.07, 6.45) is 5.05. The Morgan fingerprint density at radius 3 is 2.92 bits per heavy atom. The van der Waals surface area contributed by atoms with Crippen LogP contribution < -0.4 is 0 Å².